The SMILES string of the molecule is CC(C)n1cc(Cl)c2c(C=O)cc(-c3ccc(N4CCN(C)C4)nc3)cc21. The lowest BCUT2D eigenvalue weighted by molar-refractivity contribution is 0.112. The number of fused-ring (bicyclic) bond motifs is 1. The van der Waals surface area contributed by atoms with Crippen LogP contribution in [0, 0.1) is 0 Å². The van der Waals surface area contributed by atoms with Gasteiger partial charge in [0.05, 0.1) is 17.2 Å². The fraction of sp³-hybridized carbons (Fsp3) is 0.333. The number of rotatable bonds is 4. The van der Waals surface area contributed by atoms with E-state index in [1.54, 1.807) is 0 Å². The predicted molar refractivity (Wildman–Crippen MR) is 111 cm³/mol. The van der Waals surface area contributed by atoms with Crippen molar-refractivity contribution in [2.75, 3.05) is 31.7 Å². The van der Waals surface area contributed by atoms with E-state index in [9.17, 15) is 4.79 Å². The number of carbonyl (C=O) groups is 1. The molecule has 0 radical (unpaired) electrons. The zero-order chi connectivity index (χ0) is 19.1. The number of aldehydes is 1. The first-order valence-corrected chi connectivity index (χ1v) is 9.55. The Balaban J connectivity index is 1.77. The Morgan fingerprint density at radius 2 is 2.00 bits per heavy atom. The van der Waals surface area contributed by atoms with Crippen LogP contribution in [0.2, 0.25) is 5.02 Å². The van der Waals surface area contributed by atoms with Gasteiger partial charge in [-0.3, -0.25) is 9.69 Å². The van der Waals surface area contributed by atoms with Gasteiger partial charge >= 0.3 is 0 Å². The molecule has 1 aromatic carbocycles. The molecular weight excluding hydrogens is 360 g/mol. The minimum atomic E-state index is 0.252. The van der Waals surface area contributed by atoms with Crippen LogP contribution in [-0.2, 0) is 0 Å². The molecule has 140 valence electrons. The molecule has 0 bridgehead atoms. The number of halogens is 1. The Labute approximate surface area is 164 Å². The lowest BCUT2D eigenvalue weighted by Gasteiger charge is -2.17. The van der Waals surface area contributed by atoms with E-state index in [0.29, 0.717) is 10.6 Å². The Morgan fingerprint density at radius 1 is 1.19 bits per heavy atom. The molecule has 27 heavy (non-hydrogen) atoms. The monoisotopic (exact) mass is 382 g/mol. The van der Waals surface area contributed by atoms with Gasteiger partial charge in [-0.15, -0.1) is 0 Å². The first-order valence-electron chi connectivity index (χ1n) is 9.17. The number of carbonyl (C=O) groups excluding carboxylic acids is 1. The number of hydrogen-bond donors (Lipinski definition) is 0. The standard InChI is InChI=1S/C21H23ClN4O/c1-14(2)26-11-18(22)21-17(12-27)8-16(9-19(21)26)15-4-5-20(23-10-15)25-7-6-24(3)13-25/h4-5,8-12,14H,6-7,13H2,1-3H3. The van der Waals surface area contributed by atoms with Gasteiger partial charge < -0.3 is 9.47 Å². The van der Waals surface area contributed by atoms with E-state index in [1.165, 1.54) is 0 Å². The van der Waals surface area contributed by atoms with Crippen molar-refractivity contribution in [3.05, 3.63) is 47.2 Å². The van der Waals surface area contributed by atoms with Gasteiger partial charge in [0.1, 0.15) is 5.82 Å². The van der Waals surface area contributed by atoms with Gasteiger partial charge in [-0.05, 0) is 50.7 Å². The minimum absolute atomic E-state index is 0.252. The van der Waals surface area contributed by atoms with Crippen molar-refractivity contribution in [2.24, 2.45) is 0 Å². The van der Waals surface area contributed by atoms with Crippen LogP contribution in [0.5, 0.6) is 0 Å². The highest BCUT2D eigenvalue weighted by atomic mass is 35.5. The topological polar surface area (TPSA) is 41.4 Å². The van der Waals surface area contributed by atoms with Crippen LogP contribution in [0.4, 0.5) is 5.82 Å². The summed E-state index contributed by atoms with van der Waals surface area (Å²) in [5.74, 6) is 0.980. The lowest BCUT2D eigenvalue weighted by Crippen LogP contribution is -2.23. The summed E-state index contributed by atoms with van der Waals surface area (Å²) in [4.78, 5) is 20.9. The molecule has 3 heterocycles. The van der Waals surface area contributed by atoms with Crippen LogP contribution in [0.25, 0.3) is 22.0 Å². The normalized spacial score (nSPS) is 15.2. The fourth-order valence-corrected chi connectivity index (χ4v) is 4.02. The van der Waals surface area contributed by atoms with Crippen molar-refractivity contribution >= 4 is 34.6 Å². The maximum absolute atomic E-state index is 11.7. The number of pyridine rings is 1. The van der Waals surface area contributed by atoms with Crippen molar-refractivity contribution in [3.63, 3.8) is 0 Å². The quantitative estimate of drug-likeness (QED) is 0.625. The second kappa shape index (κ2) is 6.98. The predicted octanol–water partition coefficient (Wildman–Crippen LogP) is 4.46. The van der Waals surface area contributed by atoms with Gasteiger partial charge in [0.15, 0.2) is 6.29 Å². The Morgan fingerprint density at radius 3 is 2.59 bits per heavy atom. The van der Waals surface area contributed by atoms with Gasteiger partial charge in [-0.25, -0.2) is 4.98 Å². The summed E-state index contributed by atoms with van der Waals surface area (Å²) in [5, 5.41) is 1.42. The van der Waals surface area contributed by atoms with Gasteiger partial charge in [0, 0.05) is 48.0 Å². The van der Waals surface area contributed by atoms with E-state index in [-0.39, 0.29) is 6.04 Å². The highest BCUT2D eigenvalue weighted by Gasteiger charge is 2.18. The van der Waals surface area contributed by atoms with Crippen molar-refractivity contribution < 1.29 is 4.79 Å². The molecule has 1 fully saturated rings. The van der Waals surface area contributed by atoms with E-state index in [1.807, 2.05) is 24.5 Å². The number of likely N-dealkylation sites (N-methyl/N-ethyl adjacent to an activating group) is 1. The van der Waals surface area contributed by atoms with Gasteiger partial charge in [-0.2, -0.15) is 0 Å². The maximum Gasteiger partial charge on any atom is 0.150 e. The minimum Gasteiger partial charge on any atom is -0.343 e. The first-order chi connectivity index (χ1) is 13.0. The molecule has 0 atom stereocenters. The summed E-state index contributed by atoms with van der Waals surface area (Å²) in [6.45, 7) is 7.15. The number of hydrogen-bond acceptors (Lipinski definition) is 4. The summed E-state index contributed by atoms with van der Waals surface area (Å²) in [6.07, 6.45) is 4.66. The smallest absolute Gasteiger partial charge is 0.150 e. The zero-order valence-electron chi connectivity index (χ0n) is 15.8. The molecule has 5 nitrogen and oxygen atoms in total. The summed E-state index contributed by atoms with van der Waals surface area (Å²) in [5.41, 5.74) is 3.54. The van der Waals surface area contributed by atoms with Gasteiger partial charge in [-0.1, -0.05) is 11.6 Å². The largest absolute Gasteiger partial charge is 0.343 e. The average Bonchev–Trinajstić information content (AvgIpc) is 3.25. The molecular formula is C21H23ClN4O. The van der Waals surface area contributed by atoms with E-state index < -0.39 is 0 Å². The van der Waals surface area contributed by atoms with Crippen LogP contribution in [0.15, 0.2) is 36.7 Å². The van der Waals surface area contributed by atoms with E-state index in [2.05, 4.69) is 52.4 Å². The molecule has 1 saturated heterocycles. The molecule has 1 aliphatic heterocycles. The number of anilines is 1. The van der Waals surface area contributed by atoms with E-state index in [4.69, 9.17) is 11.6 Å². The average molecular weight is 383 g/mol. The van der Waals surface area contributed by atoms with Gasteiger partial charge in [0.2, 0.25) is 0 Å². The van der Waals surface area contributed by atoms with Crippen molar-refractivity contribution in [1.29, 1.82) is 0 Å². The molecule has 0 spiro atoms. The van der Waals surface area contributed by atoms with Crippen LogP contribution >= 0.6 is 11.6 Å². The third-order valence-corrected chi connectivity index (χ3v) is 5.46. The molecule has 2 aromatic heterocycles. The number of aromatic nitrogens is 2. The van der Waals surface area contributed by atoms with Crippen molar-refractivity contribution in [1.82, 2.24) is 14.5 Å². The fourth-order valence-electron chi connectivity index (χ4n) is 3.71. The molecule has 0 aliphatic carbocycles. The highest BCUT2D eigenvalue weighted by Crippen LogP contribution is 2.35. The van der Waals surface area contributed by atoms with Gasteiger partial charge in [0.25, 0.3) is 0 Å². The van der Waals surface area contributed by atoms with E-state index in [0.717, 1.165) is 53.9 Å². The molecule has 3 aromatic rings. The van der Waals surface area contributed by atoms with Crippen molar-refractivity contribution in [2.45, 2.75) is 19.9 Å². The van der Waals surface area contributed by atoms with Crippen molar-refractivity contribution in [3.8, 4) is 11.1 Å². The zero-order valence-corrected chi connectivity index (χ0v) is 16.6. The molecule has 0 amide bonds. The Kier molecular flexibility index (Phi) is 4.66. The molecule has 4 rings (SSSR count). The molecule has 0 N–H and O–H groups in total. The molecule has 1 aliphatic rings. The Hall–Kier alpha value is -2.37. The summed E-state index contributed by atoms with van der Waals surface area (Å²) < 4.78 is 2.11. The van der Waals surface area contributed by atoms with E-state index >= 15 is 0 Å². The molecule has 0 unspecified atom stereocenters. The molecule has 0 saturated carbocycles. The maximum atomic E-state index is 11.7. The highest BCUT2D eigenvalue weighted by molar-refractivity contribution is 6.36. The number of benzene rings is 1. The summed E-state index contributed by atoms with van der Waals surface area (Å²) in [7, 11) is 2.11. The summed E-state index contributed by atoms with van der Waals surface area (Å²) in [6, 6.07) is 8.36. The second-order valence-corrected chi connectivity index (χ2v) is 7.85. The number of nitrogens with zero attached hydrogens (tertiary/aromatic N) is 4. The lowest BCUT2D eigenvalue weighted by atomic mass is 10.0. The van der Waals surface area contributed by atoms with Crippen LogP contribution in [0.3, 0.4) is 0 Å². The second-order valence-electron chi connectivity index (χ2n) is 7.45. The third-order valence-electron chi connectivity index (χ3n) is 5.17. The van der Waals surface area contributed by atoms with Crippen LogP contribution in [-0.4, -0.2) is 47.5 Å². The van der Waals surface area contributed by atoms with Crippen LogP contribution < -0.4 is 4.90 Å². The first kappa shape index (κ1) is 18.0. The molecule has 6 heteroatoms. The third kappa shape index (κ3) is 3.22. The Bertz CT molecular complexity index is 994. The van der Waals surface area contributed by atoms with Crippen LogP contribution in [0.1, 0.15) is 30.2 Å². The summed E-state index contributed by atoms with van der Waals surface area (Å²) >= 11 is 6.41.